The second-order valence-corrected chi connectivity index (χ2v) is 5.14. The lowest BCUT2D eigenvalue weighted by Gasteiger charge is -2.14. The highest BCUT2D eigenvalue weighted by Gasteiger charge is 2.24. The second-order valence-electron chi connectivity index (χ2n) is 3.82. The Morgan fingerprint density at radius 3 is 2.79 bits per heavy atom. The monoisotopic (exact) mass is 208 g/mol. The van der Waals surface area contributed by atoms with Crippen LogP contribution in [0.15, 0.2) is 29.2 Å². The summed E-state index contributed by atoms with van der Waals surface area (Å²) in [7, 11) is 0. The predicted molar refractivity (Wildman–Crippen MR) is 62.3 cm³/mol. The molecular weight excluding hydrogens is 192 g/mol. The predicted octanol–water partition coefficient (Wildman–Crippen LogP) is 2.24. The molecule has 2 unspecified atom stereocenters. The first kappa shape index (κ1) is 9.87. The summed E-state index contributed by atoms with van der Waals surface area (Å²) in [6.07, 6.45) is 3.67. The van der Waals surface area contributed by atoms with E-state index in [1.165, 1.54) is 24.2 Å². The molecule has 3 heteroatoms. The fourth-order valence-electron chi connectivity index (χ4n) is 1.86. The standard InChI is InChI=1S/C11H16N2S/c12-8-3-1-4-9(7-8)14-11-6-2-5-10(11)13/h1,3-4,7,10-11H,2,5-6,12-13H2. The van der Waals surface area contributed by atoms with Crippen LogP contribution < -0.4 is 11.5 Å². The van der Waals surface area contributed by atoms with Gasteiger partial charge in [-0.3, -0.25) is 0 Å². The zero-order valence-corrected chi connectivity index (χ0v) is 8.96. The van der Waals surface area contributed by atoms with Crippen LogP contribution in [-0.2, 0) is 0 Å². The van der Waals surface area contributed by atoms with Gasteiger partial charge in [0.1, 0.15) is 0 Å². The van der Waals surface area contributed by atoms with Gasteiger partial charge in [-0.2, -0.15) is 0 Å². The first-order chi connectivity index (χ1) is 6.75. The molecule has 1 aliphatic carbocycles. The van der Waals surface area contributed by atoms with Crippen molar-refractivity contribution in [3.8, 4) is 0 Å². The van der Waals surface area contributed by atoms with E-state index in [9.17, 15) is 0 Å². The maximum Gasteiger partial charge on any atom is 0.0325 e. The number of anilines is 1. The second kappa shape index (κ2) is 4.24. The molecule has 0 amide bonds. The number of nitrogens with two attached hydrogens (primary N) is 2. The van der Waals surface area contributed by atoms with Crippen LogP contribution in [0.1, 0.15) is 19.3 Å². The van der Waals surface area contributed by atoms with Crippen molar-refractivity contribution in [2.45, 2.75) is 35.4 Å². The van der Waals surface area contributed by atoms with E-state index < -0.39 is 0 Å². The summed E-state index contributed by atoms with van der Waals surface area (Å²) < 4.78 is 0. The van der Waals surface area contributed by atoms with Crippen molar-refractivity contribution in [1.82, 2.24) is 0 Å². The van der Waals surface area contributed by atoms with Gasteiger partial charge in [-0.1, -0.05) is 12.5 Å². The van der Waals surface area contributed by atoms with Crippen LogP contribution in [-0.4, -0.2) is 11.3 Å². The Morgan fingerprint density at radius 2 is 2.14 bits per heavy atom. The van der Waals surface area contributed by atoms with E-state index in [1.807, 2.05) is 30.0 Å². The molecule has 0 heterocycles. The van der Waals surface area contributed by atoms with Crippen LogP contribution in [0.5, 0.6) is 0 Å². The lowest BCUT2D eigenvalue weighted by atomic mass is 10.3. The van der Waals surface area contributed by atoms with E-state index in [4.69, 9.17) is 11.5 Å². The molecule has 14 heavy (non-hydrogen) atoms. The Kier molecular flexibility index (Phi) is 2.99. The van der Waals surface area contributed by atoms with Crippen LogP contribution in [0.4, 0.5) is 5.69 Å². The zero-order valence-electron chi connectivity index (χ0n) is 8.15. The number of nitrogen functional groups attached to an aromatic ring is 1. The van der Waals surface area contributed by atoms with Gasteiger partial charge in [-0.25, -0.2) is 0 Å². The average molecular weight is 208 g/mol. The Hall–Kier alpha value is -0.670. The van der Waals surface area contributed by atoms with Gasteiger partial charge in [0.05, 0.1) is 0 Å². The van der Waals surface area contributed by atoms with Crippen LogP contribution in [0, 0.1) is 0 Å². The lowest BCUT2D eigenvalue weighted by molar-refractivity contribution is 0.716. The number of hydrogen-bond acceptors (Lipinski definition) is 3. The fourth-order valence-corrected chi connectivity index (χ4v) is 3.17. The molecule has 1 saturated carbocycles. The minimum absolute atomic E-state index is 0.362. The molecular formula is C11H16N2S. The highest BCUT2D eigenvalue weighted by Crippen LogP contribution is 2.34. The van der Waals surface area contributed by atoms with E-state index in [0.29, 0.717) is 11.3 Å². The van der Waals surface area contributed by atoms with Gasteiger partial charge in [0.15, 0.2) is 0 Å². The third-order valence-electron chi connectivity index (χ3n) is 2.65. The summed E-state index contributed by atoms with van der Waals surface area (Å²) in [5.74, 6) is 0. The molecule has 2 rings (SSSR count). The van der Waals surface area contributed by atoms with Crippen molar-refractivity contribution in [3.05, 3.63) is 24.3 Å². The first-order valence-electron chi connectivity index (χ1n) is 5.03. The summed E-state index contributed by atoms with van der Waals surface area (Å²) in [6.45, 7) is 0. The number of benzene rings is 1. The molecule has 1 aromatic rings. The fraction of sp³-hybridized carbons (Fsp3) is 0.455. The average Bonchev–Trinajstić information content (AvgIpc) is 2.52. The number of rotatable bonds is 2. The van der Waals surface area contributed by atoms with Gasteiger partial charge < -0.3 is 11.5 Å². The highest BCUT2D eigenvalue weighted by molar-refractivity contribution is 8.00. The zero-order chi connectivity index (χ0) is 9.97. The molecule has 0 bridgehead atoms. The molecule has 4 N–H and O–H groups in total. The van der Waals surface area contributed by atoms with Crippen LogP contribution in [0.25, 0.3) is 0 Å². The molecule has 2 nitrogen and oxygen atoms in total. The van der Waals surface area contributed by atoms with Crippen LogP contribution in [0.3, 0.4) is 0 Å². The molecule has 1 aliphatic rings. The van der Waals surface area contributed by atoms with Gasteiger partial charge in [-0.05, 0) is 31.0 Å². The normalized spacial score (nSPS) is 26.6. The summed E-state index contributed by atoms with van der Waals surface area (Å²) in [4.78, 5) is 1.24. The van der Waals surface area contributed by atoms with Crippen molar-refractivity contribution in [3.63, 3.8) is 0 Å². The Bertz CT molecular complexity index is 314. The van der Waals surface area contributed by atoms with Gasteiger partial charge in [0.2, 0.25) is 0 Å². The molecule has 2 atom stereocenters. The number of hydrogen-bond donors (Lipinski definition) is 2. The van der Waals surface area contributed by atoms with E-state index in [-0.39, 0.29) is 0 Å². The quantitative estimate of drug-likeness (QED) is 0.733. The molecule has 76 valence electrons. The van der Waals surface area contributed by atoms with Gasteiger partial charge >= 0.3 is 0 Å². The summed E-state index contributed by atoms with van der Waals surface area (Å²) in [6, 6.07) is 8.40. The van der Waals surface area contributed by atoms with Crippen LogP contribution in [0.2, 0.25) is 0 Å². The summed E-state index contributed by atoms with van der Waals surface area (Å²) in [5, 5.41) is 0.580. The summed E-state index contributed by atoms with van der Waals surface area (Å²) in [5.41, 5.74) is 12.6. The van der Waals surface area contributed by atoms with Gasteiger partial charge in [0.25, 0.3) is 0 Å². The third kappa shape index (κ3) is 2.22. The Labute approximate surface area is 89.1 Å². The molecule has 0 saturated heterocycles. The number of thioether (sulfide) groups is 1. The van der Waals surface area contributed by atoms with Crippen molar-refractivity contribution < 1.29 is 0 Å². The van der Waals surface area contributed by atoms with Crippen molar-refractivity contribution in [2.24, 2.45) is 5.73 Å². The maximum atomic E-state index is 6.01. The van der Waals surface area contributed by atoms with Crippen molar-refractivity contribution in [1.29, 1.82) is 0 Å². The largest absolute Gasteiger partial charge is 0.399 e. The van der Waals surface area contributed by atoms with E-state index >= 15 is 0 Å². The van der Waals surface area contributed by atoms with E-state index in [1.54, 1.807) is 0 Å². The molecule has 0 aliphatic heterocycles. The topological polar surface area (TPSA) is 52.0 Å². The van der Waals surface area contributed by atoms with Crippen molar-refractivity contribution in [2.75, 3.05) is 5.73 Å². The third-order valence-corrected chi connectivity index (χ3v) is 4.06. The van der Waals surface area contributed by atoms with E-state index in [2.05, 4.69) is 6.07 Å². The Morgan fingerprint density at radius 1 is 1.29 bits per heavy atom. The molecule has 0 radical (unpaired) electrons. The smallest absolute Gasteiger partial charge is 0.0325 e. The molecule has 1 aromatic carbocycles. The summed E-state index contributed by atoms with van der Waals surface area (Å²) >= 11 is 1.87. The maximum absolute atomic E-state index is 6.01. The molecule has 1 fully saturated rings. The Balaban J connectivity index is 2.03. The first-order valence-corrected chi connectivity index (χ1v) is 5.91. The molecule has 0 spiro atoms. The minimum Gasteiger partial charge on any atom is -0.399 e. The van der Waals surface area contributed by atoms with Crippen LogP contribution >= 0.6 is 11.8 Å². The molecule has 0 aromatic heterocycles. The van der Waals surface area contributed by atoms with Gasteiger partial charge in [-0.15, -0.1) is 11.8 Å². The lowest BCUT2D eigenvalue weighted by Crippen LogP contribution is -2.26. The van der Waals surface area contributed by atoms with Gasteiger partial charge in [0, 0.05) is 21.9 Å². The van der Waals surface area contributed by atoms with E-state index in [0.717, 1.165) is 5.69 Å². The van der Waals surface area contributed by atoms with Crippen molar-refractivity contribution >= 4 is 17.4 Å². The highest BCUT2D eigenvalue weighted by atomic mass is 32.2. The minimum atomic E-state index is 0.362. The SMILES string of the molecule is Nc1cccc(SC2CCCC2N)c1.